The summed E-state index contributed by atoms with van der Waals surface area (Å²) in [6.45, 7) is 1.77. The molecule has 0 aliphatic rings. The number of hydrogen-bond acceptors (Lipinski definition) is 3. The van der Waals surface area contributed by atoms with Gasteiger partial charge in [0, 0.05) is 5.39 Å². The lowest BCUT2D eigenvalue weighted by atomic mass is 10.1. The zero-order chi connectivity index (χ0) is 10.3. The number of rotatable bonds is 0. The van der Waals surface area contributed by atoms with Crippen LogP contribution in [0.3, 0.4) is 0 Å². The van der Waals surface area contributed by atoms with E-state index in [2.05, 4.69) is 9.97 Å². The van der Waals surface area contributed by atoms with Crippen LogP contribution in [0.25, 0.3) is 10.9 Å². The van der Waals surface area contributed by atoms with Crippen LogP contribution >= 0.6 is 11.6 Å². The number of aromatic nitrogens is 2. The fourth-order valence-electron chi connectivity index (χ4n) is 1.32. The zero-order valence-electron chi connectivity index (χ0n) is 7.38. The molecule has 0 saturated carbocycles. The number of aryl methyl sites for hydroxylation is 1. The second kappa shape index (κ2) is 3.06. The summed E-state index contributed by atoms with van der Waals surface area (Å²) in [5.41, 5.74) is 6.52. The van der Waals surface area contributed by atoms with E-state index in [-0.39, 0.29) is 16.6 Å². The van der Waals surface area contributed by atoms with E-state index in [1.807, 2.05) is 0 Å². The van der Waals surface area contributed by atoms with Crippen molar-refractivity contribution in [2.75, 3.05) is 5.73 Å². The lowest BCUT2D eigenvalue weighted by Crippen LogP contribution is -1.97. The van der Waals surface area contributed by atoms with Crippen LogP contribution < -0.4 is 5.73 Å². The van der Waals surface area contributed by atoms with E-state index in [4.69, 9.17) is 17.3 Å². The minimum Gasteiger partial charge on any atom is -0.383 e. The van der Waals surface area contributed by atoms with Crippen molar-refractivity contribution in [2.24, 2.45) is 0 Å². The molecule has 1 heterocycles. The predicted octanol–water partition coefficient (Wildman–Crippen LogP) is 2.31. The van der Waals surface area contributed by atoms with E-state index in [0.29, 0.717) is 5.39 Å². The fourth-order valence-corrected chi connectivity index (χ4v) is 1.50. The van der Waals surface area contributed by atoms with E-state index in [1.54, 1.807) is 13.0 Å². The molecule has 2 N–H and O–H groups in total. The van der Waals surface area contributed by atoms with Crippen molar-refractivity contribution in [3.63, 3.8) is 0 Å². The van der Waals surface area contributed by atoms with Gasteiger partial charge in [0.05, 0.1) is 0 Å². The average molecular weight is 212 g/mol. The molecule has 0 radical (unpaired) electrons. The third kappa shape index (κ3) is 1.37. The van der Waals surface area contributed by atoms with Crippen molar-refractivity contribution >= 4 is 28.3 Å². The van der Waals surface area contributed by atoms with Gasteiger partial charge in [-0.15, -0.1) is 0 Å². The van der Waals surface area contributed by atoms with Gasteiger partial charge in [-0.3, -0.25) is 0 Å². The Labute approximate surface area is 84.7 Å². The molecule has 0 aliphatic carbocycles. The number of nitrogens with two attached hydrogens (primary N) is 1. The van der Waals surface area contributed by atoms with E-state index in [0.717, 1.165) is 5.56 Å². The molecule has 0 bridgehead atoms. The number of nitrogens with zero attached hydrogens (tertiary/aromatic N) is 2. The smallest absolute Gasteiger partial charge is 0.225 e. The Morgan fingerprint density at radius 2 is 2.07 bits per heavy atom. The molecule has 0 saturated heterocycles. The number of nitrogen functional groups attached to an aromatic ring is 1. The van der Waals surface area contributed by atoms with Crippen molar-refractivity contribution in [1.82, 2.24) is 9.97 Å². The second-order valence-electron chi connectivity index (χ2n) is 3.02. The molecular weight excluding hydrogens is 205 g/mol. The molecular formula is C9H7ClFN3. The Balaban J connectivity index is 2.94. The molecule has 1 aromatic heterocycles. The molecule has 0 unspecified atom stereocenters. The first kappa shape index (κ1) is 9.15. The molecule has 3 nitrogen and oxygen atoms in total. The monoisotopic (exact) mass is 211 g/mol. The van der Waals surface area contributed by atoms with Gasteiger partial charge in [-0.1, -0.05) is 0 Å². The SMILES string of the molecule is Cc1cc(F)c2nc(Cl)nc(N)c2c1. The molecule has 14 heavy (non-hydrogen) atoms. The quantitative estimate of drug-likeness (QED) is 0.681. The topological polar surface area (TPSA) is 51.8 Å². The maximum absolute atomic E-state index is 13.4. The Hall–Kier alpha value is -1.42. The summed E-state index contributed by atoms with van der Waals surface area (Å²) in [6.07, 6.45) is 0. The van der Waals surface area contributed by atoms with E-state index in [9.17, 15) is 4.39 Å². The van der Waals surface area contributed by atoms with Gasteiger partial charge in [0.25, 0.3) is 0 Å². The third-order valence-corrected chi connectivity index (χ3v) is 2.07. The molecule has 2 aromatic rings. The molecule has 0 amide bonds. The van der Waals surface area contributed by atoms with Crippen molar-refractivity contribution in [1.29, 1.82) is 0 Å². The minimum atomic E-state index is -0.434. The first-order chi connectivity index (χ1) is 6.58. The van der Waals surface area contributed by atoms with Gasteiger partial charge in [0.2, 0.25) is 5.28 Å². The van der Waals surface area contributed by atoms with Crippen LogP contribution in [0.5, 0.6) is 0 Å². The summed E-state index contributed by atoms with van der Waals surface area (Å²) >= 11 is 5.57. The van der Waals surface area contributed by atoms with Gasteiger partial charge >= 0.3 is 0 Å². The van der Waals surface area contributed by atoms with E-state index >= 15 is 0 Å². The fraction of sp³-hybridized carbons (Fsp3) is 0.111. The van der Waals surface area contributed by atoms with Crippen LogP contribution in [0.2, 0.25) is 5.28 Å². The first-order valence-electron chi connectivity index (χ1n) is 3.97. The Morgan fingerprint density at radius 1 is 1.36 bits per heavy atom. The van der Waals surface area contributed by atoms with E-state index in [1.165, 1.54) is 6.07 Å². The van der Waals surface area contributed by atoms with Gasteiger partial charge in [0.15, 0.2) is 0 Å². The number of fused-ring (bicyclic) bond motifs is 1. The molecule has 1 aromatic carbocycles. The standard InChI is InChI=1S/C9H7ClFN3/c1-4-2-5-7(6(11)3-4)13-9(10)14-8(5)12/h2-3H,1H3,(H2,12,13,14). The average Bonchev–Trinajstić information content (AvgIpc) is 2.07. The van der Waals surface area contributed by atoms with Gasteiger partial charge in [-0.05, 0) is 36.2 Å². The Bertz CT molecular complexity index is 466. The number of benzene rings is 1. The van der Waals surface area contributed by atoms with Gasteiger partial charge in [-0.2, -0.15) is 0 Å². The summed E-state index contributed by atoms with van der Waals surface area (Å²) < 4.78 is 13.4. The van der Waals surface area contributed by atoms with Crippen molar-refractivity contribution in [2.45, 2.75) is 6.92 Å². The van der Waals surface area contributed by atoms with Crippen LogP contribution in [0.15, 0.2) is 12.1 Å². The third-order valence-electron chi connectivity index (χ3n) is 1.90. The number of hydrogen-bond donors (Lipinski definition) is 1. The Morgan fingerprint density at radius 3 is 2.79 bits per heavy atom. The van der Waals surface area contributed by atoms with Gasteiger partial charge in [-0.25, -0.2) is 14.4 Å². The highest BCUT2D eigenvalue weighted by Crippen LogP contribution is 2.23. The van der Waals surface area contributed by atoms with Crippen molar-refractivity contribution in [3.05, 3.63) is 28.8 Å². The maximum Gasteiger partial charge on any atom is 0.225 e. The van der Waals surface area contributed by atoms with Crippen LogP contribution in [-0.2, 0) is 0 Å². The number of halogens is 2. The van der Waals surface area contributed by atoms with Crippen LogP contribution in [0.4, 0.5) is 10.2 Å². The predicted molar refractivity (Wildman–Crippen MR) is 53.7 cm³/mol. The van der Waals surface area contributed by atoms with Crippen LogP contribution in [0.1, 0.15) is 5.56 Å². The largest absolute Gasteiger partial charge is 0.383 e. The summed E-state index contributed by atoms with van der Waals surface area (Å²) in [5.74, 6) is -0.237. The van der Waals surface area contributed by atoms with Gasteiger partial charge in [0.1, 0.15) is 17.2 Å². The van der Waals surface area contributed by atoms with E-state index < -0.39 is 5.82 Å². The van der Waals surface area contributed by atoms with Crippen LogP contribution in [0, 0.1) is 12.7 Å². The summed E-state index contributed by atoms with van der Waals surface area (Å²) in [6, 6.07) is 3.11. The highest BCUT2D eigenvalue weighted by Gasteiger charge is 2.08. The van der Waals surface area contributed by atoms with Crippen molar-refractivity contribution in [3.8, 4) is 0 Å². The summed E-state index contributed by atoms with van der Waals surface area (Å²) in [5, 5.41) is 0.449. The molecule has 0 atom stereocenters. The molecule has 2 rings (SSSR count). The summed E-state index contributed by atoms with van der Waals surface area (Å²) in [7, 11) is 0. The molecule has 0 spiro atoms. The highest BCUT2D eigenvalue weighted by molar-refractivity contribution is 6.28. The molecule has 72 valence electrons. The van der Waals surface area contributed by atoms with Gasteiger partial charge < -0.3 is 5.73 Å². The molecule has 0 aliphatic heterocycles. The Kier molecular flexibility index (Phi) is 2.00. The second-order valence-corrected chi connectivity index (χ2v) is 3.36. The zero-order valence-corrected chi connectivity index (χ0v) is 8.14. The number of anilines is 1. The minimum absolute atomic E-state index is 0.0437. The maximum atomic E-state index is 13.4. The van der Waals surface area contributed by atoms with Crippen molar-refractivity contribution < 1.29 is 4.39 Å². The lowest BCUT2D eigenvalue weighted by molar-refractivity contribution is 0.635. The van der Waals surface area contributed by atoms with Crippen LogP contribution in [-0.4, -0.2) is 9.97 Å². The lowest BCUT2D eigenvalue weighted by Gasteiger charge is -2.03. The normalized spacial score (nSPS) is 10.8. The first-order valence-corrected chi connectivity index (χ1v) is 4.34. The highest BCUT2D eigenvalue weighted by atomic mass is 35.5. The molecule has 5 heteroatoms. The summed E-state index contributed by atoms with van der Waals surface area (Å²) in [4.78, 5) is 7.53. The molecule has 0 fully saturated rings.